The van der Waals surface area contributed by atoms with Crippen LogP contribution >= 0.6 is 0 Å². The highest BCUT2D eigenvalue weighted by Gasteiger charge is 2.17. The minimum Gasteiger partial charge on any atom is -0.496 e. The van der Waals surface area contributed by atoms with E-state index < -0.39 is 0 Å². The summed E-state index contributed by atoms with van der Waals surface area (Å²) in [6, 6.07) is 5.02. The molecule has 0 radical (unpaired) electrons. The van der Waals surface area contributed by atoms with Gasteiger partial charge in [-0.1, -0.05) is 0 Å². The minimum absolute atomic E-state index is 0.116. The molecule has 1 unspecified atom stereocenters. The molecule has 0 saturated carbocycles. The molecule has 104 valence electrons. The first-order valence-electron chi connectivity index (χ1n) is 6.54. The van der Waals surface area contributed by atoms with Crippen molar-refractivity contribution >= 4 is 11.6 Å². The molecule has 19 heavy (non-hydrogen) atoms. The lowest BCUT2D eigenvalue weighted by atomic mass is 10.1. The van der Waals surface area contributed by atoms with Crippen LogP contribution in [-0.2, 0) is 4.74 Å². The predicted octanol–water partition coefficient (Wildman–Crippen LogP) is 1.58. The van der Waals surface area contributed by atoms with Gasteiger partial charge in [-0.05, 0) is 37.5 Å². The Labute approximate surface area is 113 Å². The molecule has 1 saturated heterocycles. The highest BCUT2D eigenvalue weighted by Crippen LogP contribution is 2.21. The zero-order valence-corrected chi connectivity index (χ0v) is 11.1. The highest BCUT2D eigenvalue weighted by atomic mass is 16.5. The standard InChI is InChI=1S/C14H20N2O3/c1-18-13-6-5-10(15)8-12(13)14(17)16-9-11-4-2-3-7-19-11/h5-6,8,11H,2-4,7,9,15H2,1H3,(H,16,17). The lowest BCUT2D eigenvalue weighted by Crippen LogP contribution is -2.35. The second kappa shape index (κ2) is 6.43. The third kappa shape index (κ3) is 3.61. The molecule has 1 amide bonds. The second-order valence-electron chi connectivity index (χ2n) is 4.66. The van der Waals surface area contributed by atoms with Crippen LogP contribution in [0, 0.1) is 0 Å². The first kappa shape index (κ1) is 13.7. The number of ether oxygens (including phenoxy) is 2. The van der Waals surface area contributed by atoms with Crippen molar-refractivity contribution in [3.05, 3.63) is 23.8 Å². The van der Waals surface area contributed by atoms with Gasteiger partial charge in [0.1, 0.15) is 5.75 Å². The number of carbonyl (C=O) groups is 1. The first-order valence-corrected chi connectivity index (χ1v) is 6.54. The molecule has 1 fully saturated rings. The summed E-state index contributed by atoms with van der Waals surface area (Å²) in [6.07, 6.45) is 3.37. The van der Waals surface area contributed by atoms with E-state index >= 15 is 0 Å². The number of anilines is 1. The maximum atomic E-state index is 12.1. The van der Waals surface area contributed by atoms with Gasteiger partial charge in [-0.25, -0.2) is 0 Å². The van der Waals surface area contributed by atoms with Gasteiger partial charge in [0.25, 0.3) is 5.91 Å². The number of amides is 1. The molecule has 5 heteroatoms. The number of benzene rings is 1. The minimum atomic E-state index is -0.182. The second-order valence-corrected chi connectivity index (χ2v) is 4.66. The topological polar surface area (TPSA) is 73.6 Å². The predicted molar refractivity (Wildman–Crippen MR) is 73.3 cm³/mol. The number of hydrogen-bond donors (Lipinski definition) is 2. The van der Waals surface area contributed by atoms with Gasteiger partial charge in [0.15, 0.2) is 0 Å². The third-order valence-electron chi connectivity index (χ3n) is 3.23. The summed E-state index contributed by atoms with van der Waals surface area (Å²) in [5.74, 6) is 0.342. The Morgan fingerprint density at radius 2 is 2.37 bits per heavy atom. The Morgan fingerprint density at radius 1 is 1.53 bits per heavy atom. The molecule has 0 bridgehead atoms. The summed E-state index contributed by atoms with van der Waals surface area (Å²) in [4.78, 5) is 12.1. The smallest absolute Gasteiger partial charge is 0.255 e. The lowest BCUT2D eigenvalue weighted by molar-refractivity contribution is 0.0169. The van der Waals surface area contributed by atoms with Gasteiger partial charge < -0.3 is 20.5 Å². The molecule has 1 heterocycles. The average molecular weight is 264 g/mol. The molecule has 1 atom stereocenters. The van der Waals surface area contributed by atoms with Crippen molar-refractivity contribution in [3.8, 4) is 5.75 Å². The zero-order chi connectivity index (χ0) is 13.7. The third-order valence-corrected chi connectivity index (χ3v) is 3.23. The maximum absolute atomic E-state index is 12.1. The number of methoxy groups -OCH3 is 1. The Bertz CT molecular complexity index is 442. The van der Waals surface area contributed by atoms with E-state index in [0.29, 0.717) is 23.5 Å². The number of carbonyl (C=O) groups excluding carboxylic acids is 1. The van der Waals surface area contributed by atoms with Crippen molar-refractivity contribution in [2.45, 2.75) is 25.4 Å². The van der Waals surface area contributed by atoms with Crippen LogP contribution in [0.5, 0.6) is 5.75 Å². The Balaban J connectivity index is 1.97. The molecule has 0 aromatic heterocycles. The summed E-state index contributed by atoms with van der Waals surface area (Å²) in [5.41, 5.74) is 6.70. The number of hydrogen-bond acceptors (Lipinski definition) is 4. The van der Waals surface area contributed by atoms with Crippen LogP contribution < -0.4 is 15.8 Å². The molecular weight excluding hydrogens is 244 g/mol. The van der Waals surface area contributed by atoms with E-state index in [-0.39, 0.29) is 12.0 Å². The van der Waals surface area contributed by atoms with E-state index in [4.69, 9.17) is 15.2 Å². The summed E-state index contributed by atoms with van der Waals surface area (Å²) in [6.45, 7) is 1.30. The van der Waals surface area contributed by atoms with Gasteiger partial charge in [0, 0.05) is 18.8 Å². The number of nitrogens with two attached hydrogens (primary N) is 1. The van der Waals surface area contributed by atoms with Gasteiger partial charge in [-0.2, -0.15) is 0 Å². The van der Waals surface area contributed by atoms with Crippen molar-refractivity contribution in [2.75, 3.05) is 26.0 Å². The number of nitrogens with one attached hydrogen (secondary N) is 1. The number of nitrogen functional groups attached to an aromatic ring is 1. The molecule has 0 aliphatic carbocycles. The molecular formula is C14H20N2O3. The normalized spacial score (nSPS) is 18.9. The van der Waals surface area contributed by atoms with Crippen molar-refractivity contribution < 1.29 is 14.3 Å². The molecule has 2 rings (SSSR count). The Hall–Kier alpha value is -1.75. The largest absolute Gasteiger partial charge is 0.496 e. The summed E-state index contributed by atoms with van der Waals surface area (Å²) < 4.78 is 10.7. The average Bonchev–Trinajstić information content (AvgIpc) is 2.46. The fourth-order valence-electron chi connectivity index (χ4n) is 2.17. The molecule has 1 aliphatic rings. The fourth-order valence-corrected chi connectivity index (χ4v) is 2.17. The van der Waals surface area contributed by atoms with E-state index in [1.807, 2.05) is 0 Å². The van der Waals surface area contributed by atoms with Gasteiger partial charge in [-0.3, -0.25) is 4.79 Å². The lowest BCUT2D eigenvalue weighted by Gasteiger charge is -2.22. The quantitative estimate of drug-likeness (QED) is 0.810. The highest BCUT2D eigenvalue weighted by molar-refractivity contribution is 5.97. The van der Waals surface area contributed by atoms with Crippen LogP contribution in [0.2, 0.25) is 0 Å². The van der Waals surface area contributed by atoms with Crippen LogP contribution in [0.3, 0.4) is 0 Å². The SMILES string of the molecule is COc1ccc(N)cc1C(=O)NCC1CCCCO1. The van der Waals surface area contributed by atoms with Crippen molar-refractivity contribution in [2.24, 2.45) is 0 Å². The number of rotatable bonds is 4. The maximum Gasteiger partial charge on any atom is 0.255 e. The van der Waals surface area contributed by atoms with E-state index in [2.05, 4.69) is 5.32 Å². The van der Waals surface area contributed by atoms with E-state index in [1.165, 1.54) is 7.11 Å². The van der Waals surface area contributed by atoms with Crippen molar-refractivity contribution in [3.63, 3.8) is 0 Å². The van der Waals surface area contributed by atoms with Gasteiger partial charge in [-0.15, -0.1) is 0 Å². The Kier molecular flexibility index (Phi) is 4.63. The summed E-state index contributed by atoms with van der Waals surface area (Å²) >= 11 is 0. The molecule has 5 nitrogen and oxygen atoms in total. The van der Waals surface area contributed by atoms with Gasteiger partial charge >= 0.3 is 0 Å². The van der Waals surface area contributed by atoms with E-state index in [1.54, 1.807) is 18.2 Å². The first-order chi connectivity index (χ1) is 9.20. The fraction of sp³-hybridized carbons (Fsp3) is 0.500. The summed E-state index contributed by atoms with van der Waals surface area (Å²) in [7, 11) is 1.53. The molecule has 3 N–H and O–H groups in total. The van der Waals surface area contributed by atoms with Gasteiger partial charge in [0.2, 0.25) is 0 Å². The van der Waals surface area contributed by atoms with Crippen LogP contribution in [0.25, 0.3) is 0 Å². The summed E-state index contributed by atoms with van der Waals surface area (Å²) in [5, 5.41) is 2.87. The molecule has 0 spiro atoms. The van der Waals surface area contributed by atoms with E-state index in [0.717, 1.165) is 25.9 Å². The van der Waals surface area contributed by atoms with E-state index in [9.17, 15) is 4.79 Å². The van der Waals surface area contributed by atoms with Crippen LogP contribution in [0.1, 0.15) is 29.6 Å². The van der Waals surface area contributed by atoms with Crippen LogP contribution in [0.4, 0.5) is 5.69 Å². The Morgan fingerprint density at radius 3 is 3.05 bits per heavy atom. The molecule has 1 aromatic rings. The zero-order valence-electron chi connectivity index (χ0n) is 11.1. The van der Waals surface area contributed by atoms with Crippen LogP contribution in [-0.4, -0.2) is 32.3 Å². The van der Waals surface area contributed by atoms with Gasteiger partial charge in [0.05, 0.1) is 18.8 Å². The van der Waals surface area contributed by atoms with Crippen LogP contribution in [0.15, 0.2) is 18.2 Å². The monoisotopic (exact) mass is 264 g/mol. The van der Waals surface area contributed by atoms with Crippen molar-refractivity contribution in [1.29, 1.82) is 0 Å². The molecule has 1 aromatic carbocycles. The van der Waals surface area contributed by atoms with Crippen molar-refractivity contribution in [1.82, 2.24) is 5.32 Å². The molecule has 1 aliphatic heterocycles.